The average Bonchev–Trinajstić information content (AvgIpc) is 1.63. The number of imidazole rings is 2. The van der Waals surface area contributed by atoms with E-state index in [1.165, 1.54) is 26.4 Å². The molecule has 630 valence electrons. The van der Waals surface area contributed by atoms with Crippen molar-refractivity contribution in [2.75, 3.05) is 49.2 Å². The zero-order valence-electron chi connectivity index (χ0n) is 69.1. The number of pyridine rings is 4. The van der Waals surface area contributed by atoms with E-state index >= 15 is 4.39 Å². The van der Waals surface area contributed by atoms with Crippen LogP contribution in [0.1, 0.15) is 171 Å². The monoisotopic (exact) mass is 1660 g/mol. The van der Waals surface area contributed by atoms with Crippen LogP contribution in [0.15, 0.2) is 111 Å². The Labute approximate surface area is 681 Å². The molecule has 0 bridgehead atoms. The lowest BCUT2D eigenvalue weighted by Crippen LogP contribution is -2.39. The van der Waals surface area contributed by atoms with Crippen LogP contribution in [0.4, 0.5) is 8.78 Å². The van der Waals surface area contributed by atoms with Gasteiger partial charge in [-0.25, -0.2) is 63.7 Å². The Hall–Kier alpha value is -13.1. The molecule has 39 heteroatoms. The number of hydrogen-bond donors (Lipinski definition) is 6. The van der Waals surface area contributed by atoms with E-state index in [0.29, 0.717) is 85.7 Å². The number of carbonyl (C=O) groups is 9. The van der Waals surface area contributed by atoms with Gasteiger partial charge in [0.15, 0.2) is 22.9 Å². The lowest BCUT2D eigenvalue weighted by atomic mass is 9.96. The number of halogens is 3. The second-order valence-corrected chi connectivity index (χ2v) is 30.3. The summed E-state index contributed by atoms with van der Waals surface area (Å²) < 4.78 is 72.1. The number of ketones is 2. The first-order chi connectivity index (χ1) is 55.3. The number of hydrogen-bond acceptors (Lipinski definition) is 32. The first-order valence-corrected chi connectivity index (χ1v) is 36.0. The van der Waals surface area contributed by atoms with Gasteiger partial charge in [0.1, 0.15) is 34.5 Å². The molecule has 0 radical (unpaired) electrons. The molecule has 11 rings (SSSR count). The number of nitrogens with one attached hydrogen (secondary N) is 4. The van der Waals surface area contributed by atoms with Crippen molar-refractivity contribution >= 4 is 86.4 Å². The maximum Gasteiger partial charge on any atom is 0.396 e. The number of aryl methyl sites for hydroxylation is 1. The summed E-state index contributed by atoms with van der Waals surface area (Å²) in [5.41, 5.74) is 13.4. The highest BCUT2D eigenvalue weighted by Gasteiger charge is 2.29. The molecule has 2 amide bonds. The second-order valence-electron chi connectivity index (χ2n) is 30.0. The molecular weight excluding hydrogens is 1560 g/mol. The van der Waals surface area contributed by atoms with Gasteiger partial charge >= 0.3 is 40.9 Å². The van der Waals surface area contributed by atoms with E-state index in [9.17, 15) is 47.5 Å². The summed E-state index contributed by atoms with van der Waals surface area (Å²) in [5.74, 6) is 2.84. The lowest BCUT2D eigenvalue weighted by molar-refractivity contribution is -0.151. The number of hydrazine groups is 1. The summed E-state index contributed by atoms with van der Waals surface area (Å²) in [7, 11) is 7.90. The molecule has 0 aliphatic heterocycles. The second kappa shape index (κ2) is 42.5. The number of nitrogens with two attached hydrogens (primary N) is 2. The van der Waals surface area contributed by atoms with Crippen LogP contribution in [0.3, 0.4) is 0 Å². The van der Waals surface area contributed by atoms with E-state index in [1.54, 1.807) is 111 Å². The van der Waals surface area contributed by atoms with Crippen molar-refractivity contribution in [3.05, 3.63) is 156 Å². The Balaban J connectivity index is 0.000000267. The fourth-order valence-corrected chi connectivity index (χ4v) is 9.00. The number of benzene rings is 2. The molecule has 9 aromatic heterocycles. The molecule has 0 saturated heterocycles. The molecule has 2 aromatic carbocycles. The smallest absolute Gasteiger partial charge is 0.396 e. The van der Waals surface area contributed by atoms with Gasteiger partial charge in [0.05, 0.1) is 72.6 Å². The quantitative estimate of drug-likeness (QED) is 0.00721. The van der Waals surface area contributed by atoms with Gasteiger partial charge in [-0.2, -0.15) is 0 Å². The van der Waals surface area contributed by atoms with Gasteiger partial charge in [-0.1, -0.05) is 128 Å². The molecule has 0 saturated carbocycles. The number of rotatable bonds is 17. The summed E-state index contributed by atoms with van der Waals surface area (Å²) in [4.78, 5) is 130. The van der Waals surface area contributed by atoms with Crippen molar-refractivity contribution in [3.8, 4) is 56.8 Å². The maximum atomic E-state index is 15.1. The van der Waals surface area contributed by atoms with E-state index in [1.807, 2.05) is 92.6 Å². The Bertz CT molecular complexity index is 5220. The number of nitrogens with zero attached hydrogens (tertiary/aromatic N) is 12. The lowest BCUT2D eigenvalue weighted by Gasteiger charge is -2.16. The maximum absolute atomic E-state index is 15.1. The molecule has 36 nitrogen and oxygen atoms in total. The minimum absolute atomic E-state index is 0.0532. The third kappa shape index (κ3) is 27.8. The standard InChI is InChI=1S/C27H25FN6O3.C19H16FN5O.C9H15NO4.2C8H12N2O3.C5H12N2O.C3H3ClO3/c1-27(2,3)26-34-33-25(37-26)21(35)10-7-15-5-6-16(13-19(15)28)18-11-12-29-24-22(18)31-23(32-24)20-9-8-17(36-4)14-30-20;1-26-13-4-5-16(23-10-13)18-24-17-14(6-7-22-19(17)25-18)11-2-3-12(9-21)15(20)8-11;1-9(2,3)8(13)10-5-6(11)7(12)14-4;2*1-8(2,3)7-10-9-5(13-7)6(11)12-4;1-5(2,3)4(8)7-6;1-7-3(6)2(4)5/h5-6,8-9,11-14H,7,10H2,1-4H3,(H,29,31,32);2-8,10H,9,21H2,1H3,(H,22,24,25);5H2,1-4H3,(H,10,13);2*1-4H3;6H2,1-3H3,(H,7,8);1H3. The largest absolute Gasteiger partial charge is 0.495 e. The molecule has 0 unspecified atom stereocenters. The Morgan fingerprint density at radius 2 is 0.890 bits per heavy atom. The molecule has 0 spiro atoms. The number of amides is 2. The molecule has 9 heterocycles. The normalized spacial score (nSPS) is 11.1. The van der Waals surface area contributed by atoms with E-state index in [2.05, 4.69) is 112 Å². The van der Waals surface area contributed by atoms with Crippen LogP contribution >= 0.6 is 11.6 Å². The number of methoxy groups -OCH3 is 6. The zero-order chi connectivity index (χ0) is 88.4. The van der Waals surface area contributed by atoms with Gasteiger partial charge in [0, 0.05) is 69.1 Å². The van der Waals surface area contributed by atoms with Crippen molar-refractivity contribution in [1.29, 1.82) is 0 Å². The summed E-state index contributed by atoms with van der Waals surface area (Å²) in [5, 5.41) is 23.6. The Kier molecular flexibility index (Phi) is 34.4. The molecule has 0 fully saturated rings. The highest BCUT2D eigenvalue weighted by Crippen LogP contribution is 2.33. The Morgan fingerprint density at radius 1 is 0.492 bits per heavy atom. The molecule has 8 N–H and O–H groups in total. The minimum Gasteiger partial charge on any atom is -0.495 e. The van der Waals surface area contributed by atoms with E-state index in [-0.39, 0.29) is 88.7 Å². The molecule has 118 heavy (non-hydrogen) atoms. The van der Waals surface area contributed by atoms with Crippen molar-refractivity contribution in [2.24, 2.45) is 22.4 Å². The zero-order valence-corrected chi connectivity index (χ0v) is 69.8. The minimum atomic E-state index is -1.09. The van der Waals surface area contributed by atoms with Gasteiger partial charge in [-0.15, -0.1) is 30.6 Å². The predicted molar refractivity (Wildman–Crippen MR) is 424 cm³/mol. The number of carbonyl (C=O) groups excluding carboxylic acids is 9. The number of esters is 4. The van der Waals surface area contributed by atoms with Crippen LogP contribution in [-0.4, -0.2) is 172 Å². The number of Topliss-reactive ketones (excluding diaryl/α,β-unsaturated/α-hetero) is 2. The molecular formula is C79H95ClF2N18O18. The Morgan fingerprint density at radius 3 is 1.19 bits per heavy atom. The van der Waals surface area contributed by atoms with Crippen LogP contribution in [0.5, 0.6) is 11.5 Å². The average molecular weight is 1660 g/mol. The topological polar surface area (TPSA) is 511 Å². The number of aromatic nitrogens is 14. The highest BCUT2D eigenvalue weighted by atomic mass is 35.5. The van der Waals surface area contributed by atoms with Crippen LogP contribution in [0.25, 0.3) is 67.6 Å². The van der Waals surface area contributed by atoms with E-state index in [0.717, 1.165) is 36.4 Å². The number of aromatic amines is 2. The van der Waals surface area contributed by atoms with E-state index in [4.69, 9.17) is 34.3 Å². The van der Waals surface area contributed by atoms with Gasteiger partial charge in [0.25, 0.3) is 11.7 Å². The van der Waals surface area contributed by atoms with Gasteiger partial charge in [-0.3, -0.25) is 29.4 Å². The molecule has 0 atom stereocenters. The van der Waals surface area contributed by atoms with Crippen molar-refractivity contribution in [1.82, 2.24) is 81.2 Å². The van der Waals surface area contributed by atoms with Gasteiger partial charge in [0.2, 0.25) is 35.3 Å². The van der Waals surface area contributed by atoms with Crippen LogP contribution in [-0.2, 0) is 76.9 Å². The van der Waals surface area contributed by atoms with Gasteiger partial charge in [-0.05, 0) is 83.2 Å². The number of ether oxygens (including phenoxy) is 6. The summed E-state index contributed by atoms with van der Waals surface area (Å²) in [6.45, 7) is 27.7. The predicted octanol–water partition coefficient (Wildman–Crippen LogP) is 10.8. The van der Waals surface area contributed by atoms with Crippen molar-refractivity contribution < 1.29 is 93.6 Å². The third-order valence-corrected chi connectivity index (χ3v) is 15.8. The molecule has 11 aromatic rings. The fourth-order valence-electron chi connectivity index (χ4n) is 8.92. The van der Waals surface area contributed by atoms with Crippen molar-refractivity contribution in [2.45, 2.75) is 139 Å². The summed E-state index contributed by atoms with van der Waals surface area (Å²) in [6.07, 6.45) is 6.78. The van der Waals surface area contributed by atoms with E-state index < -0.39 is 46.1 Å². The number of H-pyrrole nitrogens is 2. The SMILES string of the molecule is CC(C)(C)C(=O)NN.COC(=O)C(=O)CNC(=O)C(C)(C)C.COC(=O)C(=O)Cl.COC(=O)c1nnc(C(C)(C)C)o1.COC(=O)c1nnc(C(C)(C)C)o1.COc1ccc(-c2nc3nccc(-c4ccc(CCC(=O)c5nnc(C(C)(C)C)o5)c(F)c4)c3[nH]2)nc1.COc1ccc(-c2nc3nccc(-c4ccc(CN)c(F)c4)c3[nH]2)nc1. The first-order valence-electron chi connectivity index (χ1n) is 35.6. The first kappa shape index (κ1) is 95.5. The van der Waals surface area contributed by atoms with Crippen molar-refractivity contribution in [3.63, 3.8) is 0 Å². The third-order valence-electron chi connectivity index (χ3n) is 15.6. The molecule has 0 aliphatic rings. The number of fused-ring (bicyclic) bond motifs is 2. The van der Waals surface area contributed by atoms with Crippen LogP contribution in [0, 0.1) is 22.5 Å². The highest BCUT2D eigenvalue weighted by molar-refractivity contribution is 6.80. The summed E-state index contributed by atoms with van der Waals surface area (Å²) >= 11 is 4.61. The molecule has 0 aliphatic carbocycles. The van der Waals surface area contributed by atoms with Crippen LogP contribution < -0.4 is 31.8 Å². The van der Waals surface area contributed by atoms with Gasteiger partial charge < -0.3 is 62.7 Å². The fraction of sp³-hybridized carbons (Fsp3) is 0.380. The summed E-state index contributed by atoms with van der Waals surface area (Å²) in [6, 6.07) is 20.8. The van der Waals surface area contributed by atoms with Crippen LogP contribution in [0.2, 0.25) is 0 Å².